The van der Waals surface area contributed by atoms with E-state index in [2.05, 4.69) is 34.9 Å². The molecule has 2 aromatic heterocycles. The Hall–Kier alpha value is -3.29. The van der Waals surface area contributed by atoms with E-state index in [4.69, 9.17) is 14.7 Å². The number of carbonyl (C=O) groups is 1. The average molecular weight is 434 g/mol. The number of ether oxygens (including phenoxy) is 1. The van der Waals surface area contributed by atoms with E-state index in [9.17, 15) is 4.79 Å². The lowest BCUT2D eigenvalue weighted by atomic mass is 10.2. The number of fused-ring (bicyclic) bond motifs is 1. The van der Waals surface area contributed by atoms with E-state index in [1.165, 1.54) is 24.0 Å². The van der Waals surface area contributed by atoms with Crippen molar-refractivity contribution in [1.82, 2.24) is 9.97 Å². The number of nitrogens with one attached hydrogen (secondary N) is 1. The number of quaternary nitrogens is 1. The van der Waals surface area contributed by atoms with Crippen LogP contribution in [0.25, 0.3) is 10.2 Å². The SMILES string of the molecule is COC(=O)c1sc2nc(C[NH2+]Cc3ccccc3)nc(NCc3ccccc3)c2c1C. The van der Waals surface area contributed by atoms with Crippen molar-refractivity contribution in [3.63, 3.8) is 0 Å². The third-order valence-electron chi connectivity index (χ3n) is 5.06. The summed E-state index contributed by atoms with van der Waals surface area (Å²) >= 11 is 1.36. The van der Waals surface area contributed by atoms with Gasteiger partial charge in [0.1, 0.15) is 28.6 Å². The molecule has 0 amide bonds. The lowest BCUT2D eigenvalue weighted by Gasteiger charge is -2.10. The zero-order chi connectivity index (χ0) is 21.6. The minimum absolute atomic E-state index is 0.341. The summed E-state index contributed by atoms with van der Waals surface area (Å²) in [5.74, 6) is 1.14. The van der Waals surface area contributed by atoms with Crippen LogP contribution in [-0.2, 0) is 24.4 Å². The first-order valence-corrected chi connectivity index (χ1v) is 11.0. The highest BCUT2D eigenvalue weighted by Crippen LogP contribution is 2.34. The van der Waals surface area contributed by atoms with Crippen molar-refractivity contribution >= 4 is 33.3 Å². The Balaban J connectivity index is 1.62. The number of thiophene rings is 1. The van der Waals surface area contributed by atoms with Crippen LogP contribution in [0, 0.1) is 6.92 Å². The van der Waals surface area contributed by atoms with Gasteiger partial charge in [-0.2, -0.15) is 0 Å². The summed E-state index contributed by atoms with van der Waals surface area (Å²) < 4.78 is 4.96. The fraction of sp³-hybridized carbons (Fsp3) is 0.208. The van der Waals surface area contributed by atoms with Gasteiger partial charge in [0.05, 0.1) is 12.5 Å². The fourth-order valence-corrected chi connectivity index (χ4v) is 4.57. The third-order valence-corrected chi connectivity index (χ3v) is 6.23. The monoisotopic (exact) mass is 433 g/mol. The average Bonchev–Trinajstić information content (AvgIpc) is 3.15. The molecule has 0 atom stereocenters. The molecule has 6 nitrogen and oxygen atoms in total. The Labute approximate surface area is 185 Å². The van der Waals surface area contributed by atoms with E-state index in [-0.39, 0.29) is 5.97 Å². The topological polar surface area (TPSA) is 80.7 Å². The molecule has 3 N–H and O–H groups in total. The van der Waals surface area contributed by atoms with Gasteiger partial charge in [0.25, 0.3) is 0 Å². The molecule has 0 bridgehead atoms. The molecule has 4 aromatic rings. The second kappa shape index (κ2) is 9.68. The number of aryl methyl sites for hydroxylation is 1. The first-order valence-electron chi connectivity index (χ1n) is 10.2. The molecule has 0 aliphatic rings. The molecule has 2 aromatic carbocycles. The molecule has 0 radical (unpaired) electrons. The highest BCUT2D eigenvalue weighted by atomic mass is 32.1. The van der Waals surface area contributed by atoms with Gasteiger partial charge in [-0.15, -0.1) is 11.3 Å². The van der Waals surface area contributed by atoms with E-state index in [1.54, 1.807) is 0 Å². The van der Waals surface area contributed by atoms with Crippen molar-refractivity contribution in [2.24, 2.45) is 0 Å². The number of esters is 1. The summed E-state index contributed by atoms with van der Waals surface area (Å²) in [6.07, 6.45) is 0. The first-order chi connectivity index (χ1) is 15.2. The lowest BCUT2D eigenvalue weighted by molar-refractivity contribution is -0.687. The Kier molecular flexibility index (Phi) is 6.54. The minimum atomic E-state index is -0.341. The summed E-state index contributed by atoms with van der Waals surface area (Å²) in [6.45, 7) is 4.06. The summed E-state index contributed by atoms with van der Waals surface area (Å²) in [6, 6.07) is 20.5. The number of benzene rings is 2. The number of anilines is 1. The van der Waals surface area contributed by atoms with Crippen LogP contribution >= 0.6 is 11.3 Å². The number of hydrogen-bond donors (Lipinski definition) is 2. The largest absolute Gasteiger partial charge is 0.465 e. The van der Waals surface area contributed by atoms with Gasteiger partial charge in [0.15, 0.2) is 5.82 Å². The molecule has 7 heteroatoms. The number of hydrogen-bond acceptors (Lipinski definition) is 6. The van der Waals surface area contributed by atoms with Crippen molar-refractivity contribution in [3.05, 3.63) is 88.1 Å². The molecule has 31 heavy (non-hydrogen) atoms. The maximum absolute atomic E-state index is 12.2. The smallest absolute Gasteiger partial charge is 0.348 e. The van der Waals surface area contributed by atoms with Crippen LogP contribution in [0.2, 0.25) is 0 Å². The van der Waals surface area contributed by atoms with Crippen LogP contribution < -0.4 is 10.6 Å². The van der Waals surface area contributed by atoms with Gasteiger partial charge in [-0.1, -0.05) is 60.7 Å². The van der Waals surface area contributed by atoms with Crippen molar-refractivity contribution in [1.29, 1.82) is 0 Å². The van der Waals surface area contributed by atoms with Gasteiger partial charge < -0.3 is 15.4 Å². The van der Waals surface area contributed by atoms with Crippen LogP contribution in [0.1, 0.15) is 32.2 Å². The molecule has 2 heterocycles. The molecule has 0 spiro atoms. The Morgan fingerprint density at radius 1 is 1.00 bits per heavy atom. The molecule has 0 aliphatic carbocycles. The summed E-state index contributed by atoms with van der Waals surface area (Å²) in [5, 5.41) is 6.52. The van der Waals surface area contributed by atoms with E-state index >= 15 is 0 Å². The second-order valence-corrected chi connectivity index (χ2v) is 8.24. The van der Waals surface area contributed by atoms with E-state index in [0.29, 0.717) is 18.0 Å². The lowest BCUT2D eigenvalue weighted by Crippen LogP contribution is -2.81. The van der Waals surface area contributed by atoms with E-state index < -0.39 is 0 Å². The van der Waals surface area contributed by atoms with Gasteiger partial charge in [-0.05, 0) is 18.1 Å². The van der Waals surface area contributed by atoms with Gasteiger partial charge in [-0.25, -0.2) is 14.8 Å². The van der Waals surface area contributed by atoms with Crippen LogP contribution in [0.4, 0.5) is 5.82 Å². The summed E-state index contributed by atoms with van der Waals surface area (Å²) in [4.78, 5) is 23.1. The Bertz CT molecular complexity index is 1180. The fourth-order valence-electron chi connectivity index (χ4n) is 3.45. The second-order valence-electron chi connectivity index (χ2n) is 7.24. The third kappa shape index (κ3) is 4.90. The zero-order valence-corrected chi connectivity index (χ0v) is 18.4. The van der Waals surface area contributed by atoms with Gasteiger partial charge in [-0.3, -0.25) is 0 Å². The number of carbonyl (C=O) groups excluding carboxylic acids is 1. The Morgan fingerprint density at radius 2 is 1.68 bits per heavy atom. The molecule has 0 unspecified atom stereocenters. The molecular formula is C24H25N4O2S+. The zero-order valence-electron chi connectivity index (χ0n) is 17.6. The maximum atomic E-state index is 12.2. The summed E-state index contributed by atoms with van der Waals surface area (Å²) in [5.41, 5.74) is 3.26. The molecule has 0 fully saturated rings. The summed E-state index contributed by atoms with van der Waals surface area (Å²) in [7, 11) is 1.40. The predicted octanol–water partition coefficient (Wildman–Crippen LogP) is 3.66. The molecule has 158 valence electrons. The molecular weight excluding hydrogens is 408 g/mol. The molecule has 0 saturated carbocycles. The number of methoxy groups -OCH3 is 1. The minimum Gasteiger partial charge on any atom is -0.465 e. The number of nitrogens with two attached hydrogens (primary N) is 1. The number of aromatic nitrogens is 2. The van der Waals surface area contributed by atoms with Crippen LogP contribution in [0.3, 0.4) is 0 Å². The molecule has 0 aliphatic heterocycles. The van der Waals surface area contributed by atoms with E-state index in [1.807, 2.05) is 43.3 Å². The number of rotatable bonds is 8. The Morgan fingerprint density at radius 3 is 2.35 bits per heavy atom. The number of nitrogens with zero attached hydrogens (tertiary/aromatic N) is 2. The van der Waals surface area contributed by atoms with Crippen LogP contribution in [0.15, 0.2) is 60.7 Å². The van der Waals surface area contributed by atoms with Crippen molar-refractivity contribution in [3.8, 4) is 0 Å². The van der Waals surface area contributed by atoms with Crippen molar-refractivity contribution in [2.75, 3.05) is 12.4 Å². The quantitative estimate of drug-likeness (QED) is 0.415. The van der Waals surface area contributed by atoms with E-state index in [0.717, 1.165) is 39.5 Å². The van der Waals surface area contributed by atoms with Gasteiger partial charge in [0, 0.05) is 12.1 Å². The highest BCUT2D eigenvalue weighted by molar-refractivity contribution is 7.20. The molecule has 4 rings (SSSR count). The van der Waals surface area contributed by atoms with Crippen LogP contribution in [0.5, 0.6) is 0 Å². The first kappa shape index (κ1) is 21.0. The van der Waals surface area contributed by atoms with Crippen molar-refractivity contribution < 1.29 is 14.8 Å². The standard InChI is InChI=1S/C24H24N4O2S/c1-16-20-22(26-14-18-11-7-4-8-12-18)27-19(15-25-13-17-9-5-3-6-10-17)28-23(20)31-21(16)24(29)30-2/h3-12,25H,13-15H2,1-2H3,(H,26,27,28)/p+1. The van der Waals surface area contributed by atoms with Crippen molar-refractivity contribution in [2.45, 2.75) is 26.6 Å². The highest BCUT2D eigenvalue weighted by Gasteiger charge is 2.21. The van der Waals surface area contributed by atoms with Gasteiger partial charge >= 0.3 is 5.97 Å². The molecule has 0 saturated heterocycles. The van der Waals surface area contributed by atoms with Gasteiger partial charge in [0.2, 0.25) is 0 Å². The normalized spacial score (nSPS) is 10.9. The van der Waals surface area contributed by atoms with Crippen LogP contribution in [-0.4, -0.2) is 23.0 Å². The predicted molar refractivity (Wildman–Crippen MR) is 123 cm³/mol. The maximum Gasteiger partial charge on any atom is 0.348 e.